The van der Waals surface area contributed by atoms with E-state index in [-0.39, 0.29) is 5.48 Å². The van der Waals surface area contributed by atoms with Gasteiger partial charge in [-0.3, -0.25) is 0 Å². The summed E-state index contributed by atoms with van der Waals surface area (Å²) < 4.78 is 109. The lowest BCUT2D eigenvalue weighted by molar-refractivity contribution is -0.0444. The van der Waals surface area contributed by atoms with Crippen LogP contribution in [-0.2, 0) is 20.0 Å². The highest BCUT2D eigenvalue weighted by molar-refractivity contribution is 8.12. The van der Waals surface area contributed by atoms with Crippen molar-refractivity contribution in [3.63, 3.8) is 0 Å². The minimum absolute atomic E-state index is 0. The monoisotopic (exact) mass is 297 g/mol. The minimum atomic E-state index is -6.72. The maximum atomic E-state index is 11.4. The Morgan fingerprint density at radius 3 is 1.00 bits per heavy atom. The van der Waals surface area contributed by atoms with Gasteiger partial charge in [0.15, 0.2) is 20.0 Å². The first-order chi connectivity index (χ1) is 6.21. The van der Waals surface area contributed by atoms with Crippen LogP contribution >= 0.6 is 0 Å². The Balaban J connectivity index is 0. The van der Waals surface area contributed by atoms with E-state index in [2.05, 4.69) is 0 Å². The summed E-state index contributed by atoms with van der Waals surface area (Å²) in [5.74, 6) is 0. The van der Waals surface area contributed by atoms with Gasteiger partial charge in [-0.05, 0) is 0 Å². The van der Waals surface area contributed by atoms with Crippen LogP contribution in [0.25, 0.3) is 4.13 Å². The molecule has 0 aliphatic heterocycles. The molecule has 0 atom stereocenters. The molecule has 100 valence electrons. The number of nitrogens with zero attached hydrogens (tertiary/aromatic N) is 1. The Kier molecular flexibility index (Phi) is 4.83. The molecule has 0 heterocycles. The molecule has 0 rings (SSSR count). The average molecular weight is 297 g/mol. The summed E-state index contributed by atoms with van der Waals surface area (Å²) in [7, 11) is -13.4. The van der Waals surface area contributed by atoms with Crippen molar-refractivity contribution in [3.05, 3.63) is 4.13 Å². The Bertz CT molecular complexity index is 387. The van der Waals surface area contributed by atoms with E-state index in [1.807, 2.05) is 0 Å². The van der Waals surface area contributed by atoms with E-state index in [0.29, 0.717) is 0 Å². The van der Waals surface area contributed by atoms with Crippen molar-refractivity contribution in [2.45, 2.75) is 11.0 Å². The summed E-state index contributed by atoms with van der Waals surface area (Å²) in [4.78, 5) is 0. The number of halogens is 6. The van der Waals surface area contributed by atoms with Gasteiger partial charge in [-0.1, -0.05) is 0 Å². The first kappa shape index (κ1) is 17.8. The molecule has 0 aromatic heterocycles. The molecule has 1 N–H and O–H groups in total. The van der Waals surface area contributed by atoms with Crippen LogP contribution in [0.15, 0.2) is 0 Å². The molecular formula is C2HF6NO5S2-2. The average Bonchev–Trinajstić information content (AvgIpc) is 1.77. The Labute approximate surface area is 84.6 Å². The van der Waals surface area contributed by atoms with Crippen LogP contribution in [0.1, 0.15) is 0 Å². The van der Waals surface area contributed by atoms with Gasteiger partial charge >= 0.3 is 11.0 Å². The Morgan fingerprint density at radius 1 is 0.688 bits per heavy atom. The van der Waals surface area contributed by atoms with E-state index in [1.54, 1.807) is 0 Å². The van der Waals surface area contributed by atoms with Crippen LogP contribution in [0.3, 0.4) is 0 Å². The third kappa shape index (κ3) is 3.76. The minimum Gasteiger partial charge on any atom is -0.870 e. The summed E-state index contributed by atoms with van der Waals surface area (Å²) in [6, 6.07) is 0. The molecule has 0 saturated heterocycles. The molecule has 0 amide bonds. The highest BCUT2D eigenvalue weighted by Gasteiger charge is 2.46. The number of sulfonamides is 2. The van der Waals surface area contributed by atoms with E-state index in [4.69, 9.17) is 0 Å². The summed E-state index contributed by atoms with van der Waals surface area (Å²) in [5.41, 5.74) is -12.4. The van der Waals surface area contributed by atoms with Gasteiger partial charge in [0, 0.05) is 0 Å². The zero-order valence-electron chi connectivity index (χ0n) is 6.61. The maximum absolute atomic E-state index is 11.4. The fourth-order valence-corrected chi connectivity index (χ4v) is 1.92. The zero-order valence-corrected chi connectivity index (χ0v) is 8.24. The van der Waals surface area contributed by atoms with Gasteiger partial charge in [0.25, 0.3) is 0 Å². The van der Waals surface area contributed by atoms with Gasteiger partial charge < -0.3 is 9.60 Å². The molecule has 0 radical (unpaired) electrons. The normalized spacial score (nSPS) is 14.4. The smallest absolute Gasteiger partial charge is 0.480 e. The fraction of sp³-hybridized carbons (Fsp3) is 1.00. The summed E-state index contributed by atoms with van der Waals surface area (Å²) >= 11 is 0. The molecule has 6 nitrogen and oxygen atoms in total. The van der Waals surface area contributed by atoms with Crippen LogP contribution in [-0.4, -0.2) is 33.3 Å². The van der Waals surface area contributed by atoms with Crippen molar-refractivity contribution in [2.75, 3.05) is 0 Å². The zero-order chi connectivity index (χ0) is 12.7. The van der Waals surface area contributed by atoms with Crippen molar-refractivity contribution in [1.82, 2.24) is 0 Å². The van der Waals surface area contributed by atoms with Gasteiger partial charge in [-0.25, -0.2) is 16.8 Å². The topological polar surface area (TPSA) is 112 Å². The van der Waals surface area contributed by atoms with Crippen molar-refractivity contribution < 1.29 is 48.7 Å². The van der Waals surface area contributed by atoms with Crippen LogP contribution in [0, 0.1) is 0 Å². The molecule has 0 spiro atoms. The van der Waals surface area contributed by atoms with Crippen LogP contribution in [0.4, 0.5) is 26.3 Å². The summed E-state index contributed by atoms with van der Waals surface area (Å²) in [6.45, 7) is 0. The van der Waals surface area contributed by atoms with Crippen molar-refractivity contribution in [2.24, 2.45) is 0 Å². The maximum Gasteiger partial charge on any atom is 0.480 e. The molecule has 0 unspecified atom stereocenters. The standard InChI is InChI=1S/C2F6NO4S2.H2O/c3-1(4,5)14(10,11)9-15(12,13)2(6,7)8;/h;1H2/q-1;/p-1. The van der Waals surface area contributed by atoms with E-state index in [0.717, 1.165) is 4.13 Å². The van der Waals surface area contributed by atoms with Crippen molar-refractivity contribution in [1.29, 1.82) is 0 Å². The quantitative estimate of drug-likeness (QED) is 0.702. The molecule has 0 aromatic carbocycles. The molecule has 0 aliphatic carbocycles. The second-order valence-electron chi connectivity index (χ2n) is 1.92. The van der Waals surface area contributed by atoms with Crippen LogP contribution in [0.2, 0.25) is 0 Å². The molecule has 16 heavy (non-hydrogen) atoms. The SMILES string of the molecule is O=S(=O)([N-]S(=O)(=O)C(F)(F)F)C(F)(F)F.[OH-]. The van der Waals surface area contributed by atoms with Crippen LogP contribution in [0.5, 0.6) is 0 Å². The van der Waals surface area contributed by atoms with Crippen molar-refractivity contribution >= 4 is 20.0 Å². The summed E-state index contributed by atoms with van der Waals surface area (Å²) in [6.07, 6.45) is 0. The van der Waals surface area contributed by atoms with Gasteiger partial charge in [0.05, 0.1) is 0 Å². The molecule has 0 fully saturated rings. The van der Waals surface area contributed by atoms with Gasteiger partial charge in [-0.2, -0.15) is 26.3 Å². The summed E-state index contributed by atoms with van der Waals surface area (Å²) in [5, 5.41) is 0. The van der Waals surface area contributed by atoms with Crippen LogP contribution < -0.4 is 0 Å². The van der Waals surface area contributed by atoms with E-state index in [1.165, 1.54) is 0 Å². The molecule has 0 saturated carbocycles. The lowest BCUT2D eigenvalue weighted by Crippen LogP contribution is -2.30. The van der Waals surface area contributed by atoms with E-state index < -0.39 is 31.1 Å². The number of hydrogen-bond acceptors (Lipinski definition) is 5. The Morgan fingerprint density at radius 2 is 0.875 bits per heavy atom. The second kappa shape index (κ2) is 4.34. The van der Waals surface area contributed by atoms with Gasteiger partial charge in [0.1, 0.15) is 0 Å². The van der Waals surface area contributed by atoms with Gasteiger partial charge in [-0.15, -0.1) is 0 Å². The largest absolute Gasteiger partial charge is 0.870 e. The number of rotatable bonds is 2. The first-order valence-corrected chi connectivity index (χ1v) is 5.45. The Hall–Kier alpha value is -0.600. The predicted octanol–water partition coefficient (Wildman–Crippen LogP) is 0.883. The fourth-order valence-electron chi connectivity index (χ4n) is 0.214. The molecular weight excluding hydrogens is 296 g/mol. The second-order valence-corrected chi connectivity index (χ2v) is 5.34. The number of alkyl halides is 6. The molecule has 0 aliphatic rings. The molecule has 0 aromatic rings. The van der Waals surface area contributed by atoms with Crippen molar-refractivity contribution in [3.8, 4) is 0 Å². The van der Waals surface area contributed by atoms with E-state index >= 15 is 0 Å². The van der Waals surface area contributed by atoms with E-state index in [9.17, 15) is 43.2 Å². The highest BCUT2D eigenvalue weighted by Crippen LogP contribution is 2.36. The van der Waals surface area contributed by atoms with Gasteiger partial charge in [0.2, 0.25) is 0 Å². The predicted molar refractivity (Wildman–Crippen MR) is 35.2 cm³/mol. The molecule has 0 bridgehead atoms. The third-order valence-corrected chi connectivity index (χ3v) is 3.52. The number of hydrogen-bond donors (Lipinski definition) is 0. The lowest BCUT2D eigenvalue weighted by atomic mass is 11.6. The highest BCUT2D eigenvalue weighted by atomic mass is 32.3. The first-order valence-electron chi connectivity index (χ1n) is 2.57. The molecule has 14 heteroatoms. The third-order valence-electron chi connectivity index (χ3n) is 0.781. The lowest BCUT2D eigenvalue weighted by Gasteiger charge is -2.22.